The fourth-order valence-electron chi connectivity index (χ4n) is 4.03. The number of hydrogen-bond donors (Lipinski definition) is 0. The summed E-state index contributed by atoms with van der Waals surface area (Å²) in [6.45, 7) is 2.73. The van der Waals surface area contributed by atoms with E-state index in [1.165, 1.54) is 17.0 Å². The Morgan fingerprint density at radius 2 is 1.77 bits per heavy atom. The smallest absolute Gasteiger partial charge is 0.309 e. The number of rotatable bonds is 5. The van der Waals surface area contributed by atoms with Gasteiger partial charge in [0.05, 0.1) is 12.5 Å². The molecule has 0 unspecified atom stereocenters. The second-order valence-corrected chi connectivity index (χ2v) is 7.56. The van der Waals surface area contributed by atoms with Crippen LogP contribution in [0.5, 0.6) is 0 Å². The van der Waals surface area contributed by atoms with Gasteiger partial charge < -0.3 is 14.0 Å². The quantitative estimate of drug-likeness (QED) is 0.357. The molecule has 1 aliphatic heterocycles. The number of pyridine rings is 1. The molecule has 0 bridgehead atoms. The second kappa shape index (κ2) is 8.71. The molecule has 160 valence electrons. The van der Waals surface area contributed by atoms with Gasteiger partial charge in [-0.2, -0.15) is 0 Å². The predicted octanol–water partition coefficient (Wildman–Crippen LogP) is 3.73. The molecular weight excluding hydrogens is 399 g/mol. The monoisotopic (exact) mass is 422 g/mol. The minimum absolute atomic E-state index is 0.247. The molecule has 7 heteroatoms. The third kappa shape index (κ3) is 4.08. The van der Waals surface area contributed by atoms with Crippen LogP contribution < -0.4 is 0 Å². The summed E-state index contributed by atoms with van der Waals surface area (Å²) in [4.78, 5) is 39.8. The number of esters is 1. The lowest BCUT2D eigenvalue weighted by Gasteiger charge is -2.30. The second-order valence-electron chi connectivity index (χ2n) is 7.56. The van der Waals surface area contributed by atoms with E-state index < -0.39 is 11.7 Å². The van der Waals surface area contributed by atoms with Crippen LogP contribution in [0, 0.1) is 11.7 Å². The van der Waals surface area contributed by atoms with Gasteiger partial charge in [-0.25, -0.2) is 4.39 Å². The molecule has 31 heavy (non-hydrogen) atoms. The van der Waals surface area contributed by atoms with E-state index in [9.17, 15) is 18.8 Å². The predicted molar refractivity (Wildman–Crippen MR) is 113 cm³/mol. The highest BCUT2D eigenvalue weighted by Crippen LogP contribution is 2.29. The van der Waals surface area contributed by atoms with Crippen molar-refractivity contribution in [2.45, 2.75) is 19.8 Å². The lowest BCUT2D eigenvalue weighted by atomic mass is 9.96. The highest BCUT2D eigenvalue weighted by atomic mass is 19.1. The van der Waals surface area contributed by atoms with Gasteiger partial charge in [-0.05, 0) is 55.7 Å². The normalized spacial score (nSPS) is 14.6. The van der Waals surface area contributed by atoms with Crippen molar-refractivity contribution in [2.75, 3.05) is 19.7 Å². The van der Waals surface area contributed by atoms with Crippen molar-refractivity contribution in [3.8, 4) is 11.1 Å². The van der Waals surface area contributed by atoms with E-state index in [1.54, 1.807) is 35.7 Å². The highest BCUT2D eigenvalue weighted by Gasteiger charge is 2.33. The zero-order valence-electron chi connectivity index (χ0n) is 17.2. The van der Waals surface area contributed by atoms with Crippen molar-refractivity contribution in [1.82, 2.24) is 9.30 Å². The van der Waals surface area contributed by atoms with Crippen molar-refractivity contribution in [1.29, 1.82) is 0 Å². The van der Waals surface area contributed by atoms with E-state index in [4.69, 9.17) is 4.74 Å². The molecule has 3 heterocycles. The number of ketones is 1. The van der Waals surface area contributed by atoms with Crippen LogP contribution >= 0.6 is 0 Å². The molecule has 0 atom stereocenters. The molecule has 1 fully saturated rings. The molecule has 0 aliphatic carbocycles. The largest absolute Gasteiger partial charge is 0.466 e. The summed E-state index contributed by atoms with van der Waals surface area (Å²) in [7, 11) is 0. The Hall–Kier alpha value is -3.48. The fraction of sp³-hybridized carbons (Fsp3) is 0.292. The molecule has 4 rings (SSSR count). The van der Waals surface area contributed by atoms with E-state index in [0.717, 1.165) is 5.52 Å². The molecule has 0 saturated carbocycles. The maximum atomic E-state index is 13.4. The molecule has 0 N–H and O–H groups in total. The van der Waals surface area contributed by atoms with Gasteiger partial charge in [0.2, 0.25) is 0 Å². The number of nitrogens with zero attached hydrogens (tertiary/aromatic N) is 2. The highest BCUT2D eigenvalue weighted by molar-refractivity contribution is 6.43. The summed E-state index contributed by atoms with van der Waals surface area (Å²) < 4.78 is 20.2. The number of halogens is 1. The number of ether oxygens (including phenoxy) is 1. The summed E-state index contributed by atoms with van der Waals surface area (Å²) in [6, 6.07) is 13.1. The Bertz CT molecular complexity index is 1130. The van der Waals surface area contributed by atoms with Crippen LogP contribution in [0.25, 0.3) is 16.6 Å². The van der Waals surface area contributed by atoms with E-state index >= 15 is 0 Å². The van der Waals surface area contributed by atoms with Gasteiger partial charge in [0, 0.05) is 30.4 Å². The molecule has 1 aromatic carbocycles. The van der Waals surface area contributed by atoms with Crippen LogP contribution in [-0.2, 0) is 14.3 Å². The van der Waals surface area contributed by atoms with E-state index in [0.29, 0.717) is 43.7 Å². The first-order valence-corrected chi connectivity index (χ1v) is 10.4. The SMILES string of the molecule is CCOC(=O)C1CCN(C(=O)C(=O)c2c(-c3ccc(F)cc3)cc3ccccn23)CC1. The lowest BCUT2D eigenvalue weighted by Crippen LogP contribution is -2.44. The summed E-state index contributed by atoms with van der Waals surface area (Å²) in [5.74, 6) is -2.10. The first kappa shape index (κ1) is 20.8. The number of Topliss-reactive ketones (excluding diaryl/α,β-unsaturated/α-hetero) is 1. The Kier molecular flexibility index (Phi) is 5.84. The third-order valence-corrected chi connectivity index (χ3v) is 5.65. The molecule has 1 amide bonds. The van der Waals surface area contributed by atoms with E-state index in [-0.39, 0.29) is 23.4 Å². The van der Waals surface area contributed by atoms with Crippen molar-refractivity contribution in [3.05, 3.63) is 66.2 Å². The van der Waals surface area contributed by atoms with Crippen molar-refractivity contribution >= 4 is 23.2 Å². The number of fused-ring (bicyclic) bond motifs is 1. The van der Waals surface area contributed by atoms with Gasteiger partial charge in [0.1, 0.15) is 11.5 Å². The molecule has 3 aromatic rings. The van der Waals surface area contributed by atoms with E-state index in [1.807, 2.05) is 18.2 Å². The number of carbonyl (C=O) groups excluding carboxylic acids is 3. The van der Waals surface area contributed by atoms with E-state index in [2.05, 4.69) is 0 Å². The van der Waals surface area contributed by atoms with Crippen molar-refractivity contribution in [3.63, 3.8) is 0 Å². The third-order valence-electron chi connectivity index (χ3n) is 5.65. The van der Waals surface area contributed by atoms with Crippen LogP contribution in [0.1, 0.15) is 30.3 Å². The standard InChI is InChI=1S/C24H23FN2O4/c1-2-31-24(30)17-10-13-26(14-11-17)23(29)22(28)21-20(16-6-8-18(25)9-7-16)15-19-5-3-4-12-27(19)21/h3-9,12,15,17H,2,10-11,13-14H2,1H3. The molecule has 1 saturated heterocycles. The van der Waals surface area contributed by atoms with Crippen LogP contribution in [0.15, 0.2) is 54.7 Å². The summed E-state index contributed by atoms with van der Waals surface area (Å²) in [5, 5.41) is 0. The number of carbonyl (C=O) groups is 3. The van der Waals surface area contributed by atoms with Crippen LogP contribution in [0.4, 0.5) is 4.39 Å². The Balaban J connectivity index is 1.62. The molecule has 0 spiro atoms. The van der Waals surface area contributed by atoms with Gasteiger partial charge in [-0.3, -0.25) is 14.4 Å². The average molecular weight is 422 g/mol. The molecular formula is C24H23FN2O4. The fourth-order valence-corrected chi connectivity index (χ4v) is 4.03. The van der Waals surface area contributed by atoms with Gasteiger partial charge in [0.25, 0.3) is 11.7 Å². The average Bonchev–Trinajstić information content (AvgIpc) is 3.18. The number of amides is 1. The minimum atomic E-state index is -0.625. The van der Waals surface area contributed by atoms with Gasteiger partial charge in [-0.15, -0.1) is 0 Å². The first-order chi connectivity index (χ1) is 15.0. The van der Waals surface area contributed by atoms with Crippen molar-refractivity contribution in [2.24, 2.45) is 5.92 Å². The van der Waals surface area contributed by atoms with Gasteiger partial charge >= 0.3 is 5.97 Å². The first-order valence-electron chi connectivity index (χ1n) is 10.4. The maximum Gasteiger partial charge on any atom is 0.309 e. The van der Waals surface area contributed by atoms with Gasteiger partial charge in [0.15, 0.2) is 0 Å². The van der Waals surface area contributed by atoms with Crippen LogP contribution in [0.2, 0.25) is 0 Å². The molecule has 6 nitrogen and oxygen atoms in total. The number of piperidine rings is 1. The number of likely N-dealkylation sites (tertiary alicyclic amines) is 1. The Labute approximate surface area is 179 Å². The summed E-state index contributed by atoms with van der Waals surface area (Å²) in [5.41, 5.74) is 2.24. The molecule has 2 aromatic heterocycles. The Morgan fingerprint density at radius 1 is 1.06 bits per heavy atom. The molecule has 0 radical (unpaired) electrons. The maximum absolute atomic E-state index is 13.4. The lowest BCUT2D eigenvalue weighted by molar-refractivity contribution is -0.150. The number of benzene rings is 1. The van der Waals surface area contributed by atoms with Crippen LogP contribution in [-0.4, -0.2) is 46.7 Å². The zero-order chi connectivity index (χ0) is 22.0. The zero-order valence-corrected chi connectivity index (χ0v) is 17.2. The minimum Gasteiger partial charge on any atom is -0.466 e. The van der Waals surface area contributed by atoms with Crippen molar-refractivity contribution < 1.29 is 23.5 Å². The Morgan fingerprint density at radius 3 is 2.45 bits per heavy atom. The summed E-state index contributed by atoms with van der Waals surface area (Å²) in [6.07, 6.45) is 2.67. The number of aromatic nitrogens is 1. The van der Waals surface area contributed by atoms with Crippen LogP contribution in [0.3, 0.4) is 0 Å². The summed E-state index contributed by atoms with van der Waals surface area (Å²) >= 11 is 0. The topological polar surface area (TPSA) is 68.1 Å². The number of hydrogen-bond acceptors (Lipinski definition) is 4. The van der Waals surface area contributed by atoms with Gasteiger partial charge in [-0.1, -0.05) is 18.2 Å². The molecule has 1 aliphatic rings.